The quantitative estimate of drug-likeness (QED) is 0.835. The summed E-state index contributed by atoms with van der Waals surface area (Å²) >= 11 is 3.54. The molecule has 0 spiro atoms. The van der Waals surface area contributed by atoms with E-state index in [1.165, 1.54) is 11.6 Å². The number of nitrogens with one attached hydrogen (secondary N) is 1. The molecule has 0 heterocycles. The standard InChI is InChI=1S/C16H17BrFN/c1-11(13-7-3-5-9-15(13)17)19-12(2)14-8-4-6-10-16(14)18/h3-12,19H,1-2H3/t11-,12?/m0/s1. The summed E-state index contributed by atoms with van der Waals surface area (Å²) in [5, 5.41) is 3.42. The Morgan fingerprint density at radius 1 is 0.895 bits per heavy atom. The van der Waals surface area contributed by atoms with Gasteiger partial charge in [0, 0.05) is 22.1 Å². The van der Waals surface area contributed by atoms with Crippen LogP contribution < -0.4 is 5.32 Å². The van der Waals surface area contributed by atoms with Crippen LogP contribution in [0.3, 0.4) is 0 Å². The molecule has 0 saturated heterocycles. The number of rotatable bonds is 4. The van der Waals surface area contributed by atoms with Gasteiger partial charge in [-0.1, -0.05) is 52.3 Å². The highest BCUT2D eigenvalue weighted by Gasteiger charge is 2.15. The minimum absolute atomic E-state index is 0.0386. The van der Waals surface area contributed by atoms with Crippen molar-refractivity contribution in [3.8, 4) is 0 Å². The van der Waals surface area contributed by atoms with E-state index in [1.54, 1.807) is 6.07 Å². The number of benzene rings is 2. The van der Waals surface area contributed by atoms with Crippen molar-refractivity contribution in [1.29, 1.82) is 0 Å². The van der Waals surface area contributed by atoms with Crippen LogP contribution in [0.2, 0.25) is 0 Å². The van der Waals surface area contributed by atoms with Gasteiger partial charge in [-0.05, 0) is 31.5 Å². The summed E-state index contributed by atoms with van der Waals surface area (Å²) in [4.78, 5) is 0. The molecule has 2 rings (SSSR count). The van der Waals surface area contributed by atoms with Crippen LogP contribution >= 0.6 is 15.9 Å². The molecule has 1 nitrogen and oxygen atoms in total. The highest BCUT2D eigenvalue weighted by Crippen LogP contribution is 2.26. The van der Waals surface area contributed by atoms with Crippen molar-refractivity contribution in [1.82, 2.24) is 5.32 Å². The molecule has 0 aromatic heterocycles. The van der Waals surface area contributed by atoms with Crippen LogP contribution in [0.25, 0.3) is 0 Å². The zero-order valence-electron chi connectivity index (χ0n) is 11.0. The van der Waals surface area contributed by atoms with E-state index in [1.807, 2.05) is 37.3 Å². The van der Waals surface area contributed by atoms with Gasteiger partial charge in [0.15, 0.2) is 0 Å². The molecule has 2 atom stereocenters. The maximum absolute atomic E-state index is 13.7. The zero-order chi connectivity index (χ0) is 13.8. The van der Waals surface area contributed by atoms with E-state index >= 15 is 0 Å². The molecule has 2 aromatic carbocycles. The van der Waals surface area contributed by atoms with Gasteiger partial charge in [0.1, 0.15) is 5.82 Å². The largest absolute Gasteiger partial charge is 0.304 e. The summed E-state index contributed by atoms with van der Waals surface area (Å²) in [5.41, 5.74) is 1.87. The average molecular weight is 322 g/mol. The summed E-state index contributed by atoms with van der Waals surface area (Å²) < 4.78 is 14.8. The number of hydrogen-bond donors (Lipinski definition) is 1. The Morgan fingerprint density at radius 2 is 1.42 bits per heavy atom. The van der Waals surface area contributed by atoms with Crippen molar-refractivity contribution in [2.45, 2.75) is 25.9 Å². The zero-order valence-corrected chi connectivity index (χ0v) is 12.6. The predicted molar refractivity (Wildman–Crippen MR) is 80.5 cm³/mol. The molecule has 3 heteroatoms. The van der Waals surface area contributed by atoms with Crippen LogP contribution in [0.1, 0.15) is 37.1 Å². The van der Waals surface area contributed by atoms with Crippen LogP contribution in [-0.4, -0.2) is 0 Å². The second kappa shape index (κ2) is 6.31. The third-order valence-corrected chi connectivity index (χ3v) is 3.97. The minimum atomic E-state index is -0.165. The van der Waals surface area contributed by atoms with Crippen LogP contribution in [0, 0.1) is 5.82 Å². The van der Waals surface area contributed by atoms with Gasteiger partial charge < -0.3 is 5.32 Å². The summed E-state index contributed by atoms with van der Waals surface area (Å²) in [6, 6.07) is 15.1. The van der Waals surface area contributed by atoms with E-state index < -0.39 is 0 Å². The fraction of sp³-hybridized carbons (Fsp3) is 0.250. The third kappa shape index (κ3) is 3.43. The van der Waals surface area contributed by atoms with E-state index in [-0.39, 0.29) is 17.9 Å². The Balaban J connectivity index is 2.13. The fourth-order valence-electron chi connectivity index (χ4n) is 2.21. The second-order valence-electron chi connectivity index (χ2n) is 4.65. The van der Waals surface area contributed by atoms with Crippen molar-refractivity contribution >= 4 is 15.9 Å². The van der Waals surface area contributed by atoms with E-state index in [9.17, 15) is 4.39 Å². The molecule has 0 aliphatic rings. The topological polar surface area (TPSA) is 12.0 Å². The van der Waals surface area contributed by atoms with Gasteiger partial charge in [-0.15, -0.1) is 0 Å². The highest BCUT2D eigenvalue weighted by molar-refractivity contribution is 9.10. The summed E-state index contributed by atoms with van der Waals surface area (Å²) in [6.45, 7) is 4.06. The molecule has 0 amide bonds. The summed E-state index contributed by atoms with van der Waals surface area (Å²) in [6.07, 6.45) is 0. The molecule has 0 aliphatic carbocycles. The molecule has 100 valence electrons. The van der Waals surface area contributed by atoms with Gasteiger partial charge >= 0.3 is 0 Å². The second-order valence-corrected chi connectivity index (χ2v) is 5.51. The van der Waals surface area contributed by atoms with Crippen molar-refractivity contribution < 1.29 is 4.39 Å². The summed E-state index contributed by atoms with van der Waals surface area (Å²) in [7, 11) is 0. The average Bonchev–Trinajstić information content (AvgIpc) is 2.39. The van der Waals surface area contributed by atoms with Gasteiger partial charge in [0.2, 0.25) is 0 Å². The Morgan fingerprint density at radius 3 is 2.05 bits per heavy atom. The van der Waals surface area contributed by atoms with Crippen LogP contribution in [0.15, 0.2) is 53.0 Å². The lowest BCUT2D eigenvalue weighted by molar-refractivity contribution is 0.473. The molecule has 0 fully saturated rings. The first-order valence-corrected chi connectivity index (χ1v) is 7.14. The first kappa shape index (κ1) is 14.2. The normalized spacial score (nSPS) is 14.1. The maximum Gasteiger partial charge on any atom is 0.127 e. The SMILES string of the molecule is CC(N[C@@H](C)c1ccccc1Br)c1ccccc1F. The number of hydrogen-bond acceptors (Lipinski definition) is 1. The molecular formula is C16H17BrFN. The lowest BCUT2D eigenvalue weighted by Crippen LogP contribution is -2.23. The Labute approximate surface area is 122 Å². The molecule has 0 radical (unpaired) electrons. The summed E-state index contributed by atoms with van der Waals surface area (Å²) in [5.74, 6) is -0.165. The maximum atomic E-state index is 13.7. The van der Waals surface area contributed by atoms with Crippen molar-refractivity contribution in [2.24, 2.45) is 0 Å². The Kier molecular flexibility index (Phi) is 4.72. The van der Waals surface area contributed by atoms with Gasteiger partial charge in [-0.2, -0.15) is 0 Å². The third-order valence-electron chi connectivity index (χ3n) is 3.24. The molecule has 1 unspecified atom stereocenters. The Hall–Kier alpha value is -1.19. The minimum Gasteiger partial charge on any atom is -0.304 e. The smallest absolute Gasteiger partial charge is 0.127 e. The van der Waals surface area contributed by atoms with Crippen molar-refractivity contribution in [3.05, 3.63) is 69.9 Å². The molecule has 1 N–H and O–H groups in total. The lowest BCUT2D eigenvalue weighted by Gasteiger charge is -2.22. The number of halogens is 2. The highest BCUT2D eigenvalue weighted by atomic mass is 79.9. The monoisotopic (exact) mass is 321 g/mol. The fourth-order valence-corrected chi connectivity index (χ4v) is 2.84. The first-order chi connectivity index (χ1) is 9.09. The first-order valence-electron chi connectivity index (χ1n) is 6.34. The molecular weight excluding hydrogens is 305 g/mol. The molecule has 19 heavy (non-hydrogen) atoms. The van der Waals surface area contributed by atoms with E-state index in [4.69, 9.17) is 0 Å². The van der Waals surface area contributed by atoms with Gasteiger partial charge in [0.05, 0.1) is 0 Å². The van der Waals surface area contributed by atoms with E-state index in [0.717, 1.165) is 4.47 Å². The van der Waals surface area contributed by atoms with Crippen molar-refractivity contribution in [3.63, 3.8) is 0 Å². The van der Waals surface area contributed by atoms with Gasteiger partial charge in [-0.3, -0.25) is 0 Å². The van der Waals surface area contributed by atoms with Gasteiger partial charge in [-0.25, -0.2) is 4.39 Å². The van der Waals surface area contributed by atoms with Crippen LogP contribution in [-0.2, 0) is 0 Å². The van der Waals surface area contributed by atoms with E-state index in [2.05, 4.69) is 34.2 Å². The molecule has 2 aromatic rings. The van der Waals surface area contributed by atoms with Crippen molar-refractivity contribution in [2.75, 3.05) is 0 Å². The van der Waals surface area contributed by atoms with Crippen LogP contribution in [0.4, 0.5) is 4.39 Å². The lowest BCUT2D eigenvalue weighted by atomic mass is 10.0. The Bertz CT molecular complexity index is 506. The molecule has 0 aliphatic heterocycles. The molecule has 0 saturated carbocycles. The van der Waals surface area contributed by atoms with E-state index in [0.29, 0.717) is 5.56 Å². The molecule has 0 bridgehead atoms. The van der Waals surface area contributed by atoms with Gasteiger partial charge in [0.25, 0.3) is 0 Å². The predicted octanol–water partition coefficient (Wildman–Crippen LogP) is 5.00. The van der Waals surface area contributed by atoms with Crippen LogP contribution in [0.5, 0.6) is 0 Å².